The maximum absolute atomic E-state index is 12.5. The van der Waals surface area contributed by atoms with E-state index in [-0.39, 0.29) is 23.2 Å². The number of unbranched alkanes of at least 4 members (excludes halogenated alkanes) is 1. The van der Waals surface area contributed by atoms with E-state index in [4.69, 9.17) is 4.74 Å². The van der Waals surface area contributed by atoms with Crippen LogP contribution < -0.4 is 4.72 Å². The number of rotatable bonds is 9. The van der Waals surface area contributed by atoms with Crippen LogP contribution in [0.1, 0.15) is 30.1 Å². The van der Waals surface area contributed by atoms with Gasteiger partial charge in [0.2, 0.25) is 10.0 Å². The Morgan fingerprint density at radius 1 is 1.20 bits per heavy atom. The van der Waals surface area contributed by atoms with Gasteiger partial charge in [0.05, 0.1) is 22.5 Å². The number of ether oxygens (including phenoxy) is 1. The first-order valence-corrected chi connectivity index (χ1v) is 11.5. The second kappa shape index (κ2) is 10.1. The minimum atomic E-state index is -3.79. The molecule has 8 nitrogen and oxygen atoms in total. The van der Waals surface area contributed by atoms with Crippen LogP contribution in [0.4, 0.5) is 5.69 Å². The molecular weight excluding hydrogens is 406 g/mol. The van der Waals surface area contributed by atoms with Gasteiger partial charge in [0.15, 0.2) is 0 Å². The molecule has 0 spiro atoms. The van der Waals surface area contributed by atoms with E-state index in [0.717, 1.165) is 32.1 Å². The zero-order chi connectivity index (χ0) is 21.6. The Kier molecular flexibility index (Phi) is 7.54. The monoisotopic (exact) mass is 433 g/mol. The second-order valence-corrected chi connectivity index (χ2v) is 9.12. The maximum atomic E-state index is 12.5. The molecule has 0 saturated carbocycles. The summed E-state index contributed by atoms with van der Waals surface area (Å²) in [5.41, 5.74) is 1.41. The summed E-state index contributed by atoms with van der Waals surface area (Å²) in [5, 5.41) is 10.9. The number of hydrogen-bond acceptors (Lipinski definition) is 6. The highest BCUT2D eigenvalue weighted by molar-refractivity contribution is 7.89. The second-order valence-electron chi connectivity index (χ2n) is 7.38. The van der Waals surface area contributed by atoms with Crippen molar-refractivity contribution in [3.05, 3.63) is 69.8 Å². The van der Waals surface area contributed by atoms with Gasteiger partial charge < -0.3 is 4.74 Å². The van der Waals surface area contributed by atoms with Gasteiger partial charge in [0, 0.05) is 31.8 Å². The van der Waals surface area contributed by atoms with Crippen molar-refractivity contribution in [1.82, 2.24) is 9.62 Å². The van der Waals surface area contributed by atoms with E-state index < -0.39 is 14.9 Å². The van der Waals surface area contributed by atoms with Crippen LogP contribution in [0.2, 0.25) is 0 Å². The molecule has 1 aliphatic rings. The molecule has 1 atom stereocenters. The van der Waals surface area contributed by atoms with E-state index in [9.17, 15) is 18.5 Å². The number of nitrogens with zero attached hydrogens (tertiary/aromatic N) is 2. The van der Waals surface area contributed by atoms with Crippen molar-refractivity contribution in [2.75, 3.05) is 32.8 Å². The molecule has 1 heterocycles. The number of morpholine rings is 1. The van der Waals surface area contributed by atoms with Gasteiger partial charge in [-0.25, -0.2) is 13.1 Å². The molecule has 0 aromatic heterocycles. The van der Waals surface area contributed by atoms with E-state index in [1.165, 1.54) is 17.7 Å². The number of hydrogen-bond donors (Lipinski definition) is 1. The van der Waals surface area contributed by atoms with E-state index >= 15 is 0 Å². The first kappa shape index (κ1) is 22.4. The molecule has 3 rings (SSSR count). The van der Waals surface area contributed by atoms with Gasteiger partial charge in [-0.05, 0) is 37.4 Å². The molecule has 2 aromatic carbocycles. The molecule has 30 heavy (non-hydrogen) atoms. The first-order chi connectivity index (χ1) is 14.4. The van der Waals surface area contributed by atoms with E-state index in [2.05, 4.69) is 21.8 Å². The minimum Gasteiger partial charge on any atom is -0.371 e. The highest BCUT2D eigenvalue weighted by Crippen LogP contribution is 2.23. The van der Waals surface area contributed by atoms with Crippen molar-refractivity contribution in [3.63, 3.8) is 0 Å². The van der Waals surface area contributed by atoms with Gasteiger partial charge in [0.25, 0.3) is 5.69 Å². The summed E-state index contributed by atoms with van der Waals surface area (Å²) >= 11 is 0. The number of nitro benzene ring substituents is 1. The van der Waals surface area contributed by atoms with E-state index in [0.29, 0.717) is 18.6 Å². The number of non-ortho nitro benzene ring substituents is 1. The summed E-state index contributed by atoms with van der Waals surface area (Å²) in [6.07, 6.45) is 1.59. The van der Waals surface area contributed by atoms with Gasteiger partial charge in [-0.1, -0.05) is 36.4 Å². The predicted octanol–water partition coefficient (Wildman–Crippen LogP) is 3.04. The molecule has 0 aliphatic carbocycles. The van der Waals surface area contributed by atoms with Crippen molar-refractivity contribution < 1.29 is 18.1 Å². The van der Waals surface area contributed by atoms with Gasteiger partial charge in [0.1, 0.15) is 0 Å². The highest BCUT2D eigenvalue weighted by Gasteiger charge is 2.22. The van der Waals surface area contributed by atoms with Crippen LogP contribution in [0, 0.1) is 17.0 Å². The van der Waals surface area contributed by atoms with Crippen molar-refractivity contribution >= 4 is 15.7 Å². The third-order valence-corrected chi connectivity index (χ3v) is 6.79. The lowest BCUT2D eigenvalue weighted by molar-refractivity contribution is -0.385. The third kappa shape index (κ3) is 5.85. The zero-order valence-corrected chi connectivity index (χ0v) is 17.8. The first-order valence-electron chi connectivity index (χ1n) is 10.0. The van der Waals surface area contributed by atoms with Crippen LogP contribution in [-0.4, -0.2) is 51.0 Å². The number of benzene rings is 2. The third-order valence-electron chi connectivity index (χ3n) is 5.19. The average molecular weight is 434 g/mol. The molecule has 0 bridgehead atoms. The molecule has 9 heteroatoms. The fourth-order valence-corrected chi connectivity index (χ4v) is 4.85. The van der Waals surface area contributed by atoms with Crippen LogP contribution >= 0.6 is 0 Å². The Balaban J connectivity index is 1.46. The van der Waals surface area contributed by atoms with Crippen LogP contribution in [0.15, 0.2) is 53.4 Å². The number of nitrogens with one attached hydrogen (secondary N) is 1. The Bertz CT molecular complexity index is 966. The molecular formula is C21H27N3O5S. The van der Waals surface area contributed by atoms with Crippen LogP contribution in [0.25, 0.3) is 0 Å². The molecule has 2 aromatic rings. The lowest BCUT2D eigenvalue weighted by Crippen LogP contribution is -2.39. The number of sulfonamides is 1. The van der Waals surface area contributed by atoms with Gasteiger partial charge in [-0.2, -0.15) is 0 Å². The molecule has 0 amide bonds. The average Bonchev–Trinajstić information content (AvgIpc) is 2.74. The van der Waals surface area contributed by atoms with Crippen molar-refractivity contribution in [3.8, 4) is 0 Å². The van der Waals surface area contributed by atoms with Gasteiger partial charge in [-0.15, -0.1) is 0 Å². The molecule has 0 radical (unpaired) electrons. The Labute approximate surface area is 177 Å². The van der Waals surface area contributed by atoms with Crippen molar-refractivity contribution in [1.29, 1.82) is 0 Å². The quantitative estimate of drug-likeness (QED) is 0.371. The fourth-order valence-electron chi connectivity index (χ4n) is 3.51. The normalized spacial score (nSPS) is 17.7. The van der Waals surface area contributed by atoms with Crippen LogP contribution in [0.3, 0.4) is 0 Å². The van der Waals surface area contributed by atoms with Crippen LogP contribution in [-0.2, 0) is 14.8 Å². The minimum absolute atomic E-state index is 0.0458. The molecule has 1 N–H and O–H groups in total. The smallest absolute Gasteiger partial charge is 0.270 e. The highest BCUT2D eigenvalue weighted by atomic mass is 32.2. The van der Waals surface area contributed by atoms with Crippen molar-refractivity contribution in [2.45, 2.75) is 30.8 Å². The Hall–Kier alpha value is -2.33. The molecule has 1 unspecified atom stereocenters. The fraction of sp³-hybridized carbons (Fsp3) is 0.429. The number of nitro groups is 1. The van der Waals surface area contributed by atoms with Crippen molar-refractivity contribution in [2.24, 2.45) is 0 Å². The largest absolute Gasteiger partial charge is 0.371 e. The Morgan fingerprint density at radius 2 is 1.97 bits per heavy atom. The SMILES string of the molecule is Cc1ccc([N+](=O)[O-])cc1S(=O)(=O)NCCCCN1CCOC(c2ccccc2)C1. The molecule has 1 fully saturated rings. The Morgan fingerprint density at radius 3 is 2.70 bits per heavy atom. The maximum Gasteiger partial charge on any atom is 0.270 e. The molecule has 162 valence electrons. The van der Waals surface area contributed by atoms with E-state index in [1.54, 1.807) is 6.92 Å². The zero-order valence-electron chi connectivity index (χ0n) is 17.0. The predicted molar refractivity (Wildman–Crippen MR) is 114 cm³/mol. The summed E-state index contributed by atoms with van der Waals surface area (Å²) in [5.74, 6) is 0. The van der Waals surface area contributed by atoms with Gasteiger partial charge in [-0.3, -0.25) is 15.0 Å². The van der Waals surface area contributed by atoms with Gasteiger partial charge >= 0.3 is 0 Å². The topological polar surface area (TPSA) is 102 Å². The standard InChI is InChI=1S/C21H27N3O5S/c1-17-9-10-19(24(25)26)15-21(17)30(27,28)22-11-5-6-12-23-13-14-29-20(16-23)18-7-3-2-4-8-18/h2-4,7-10,15,20,22H,5-6,11-14,16H2,1H3. The lowest BCUT2D eigenvalue weighted by Gasteiger charge is -2.33. The number of aryl methyl sites for hydroxylation is 1. The van der Waals surface area contributed by atoms with Crippen LogP contribution in [0.5, 0.6) is 0 Å². The summed E-state index contributed by atoms with van der Waals surface area (Å²) in [6, 6.07) is 14.0. The lowest BCUT2D eigenvalue weighted by atomic mass is 10.1. The summed E-state index contributed by atoms with van der Waals surface area (Å²) in [6.45, 7) is 5.14. The summed E-state index contributed by atoms with van der Waals surface area (Å²) in [7, 11) is -3.79. The summed E-state index contributed by atoms with van der Waals surface area (Å²) in [4.78, 5) is 12.6. The molecule has 1 aliphatic heterocycles. The molecule has 1 saturated heterocycles. The summed E-state index contributed by atoms with van der Waals surface area (Å²) < 4.78 is 33.5. The van der Waals surface area contributed by atoms with E-state index in [1.807, 2.05) is 18.2 Å².